The quantitative estimate of drug-likeness (QED) is 0.391. The molecule has 0 nitrogen and oxygen atoms in total. The molecule has 2 fully saturated rings. The molecule has 1 heterocycles. The molecule has 5 atom stereocenters. The first-order valence-electron chi connectivity index (χ1n) is 11.9. The summed E-state index contributed by atoms with van der Waals surface area (Å²) >= 11 is 2.27. The van der Waals surface area contributed by atoms with Gasteiger partial charge < -0.3 is 0 Å². The van der Waals surface area contributed by atoms with E-state index in [-0.39, 0.29) is 0 Å². The van der Waals surface area contributed by atoms with E-state index in [4.69, 9.17) is 0 Å². The molecule has 0 aromatic carbocycles. The molecular formula is C29H52S. The average molecular weight is 433 g/mol. The number of rotatable bonds is 2. The molecule has 0 aromatic rings. The summed E-state index contributed by atoms with van der Waals surface area (Å²) in [4.78, 5) is 0. The van der Waals surface area contributed by atoms with Crippen LogP contribution in [0.5, 0.6) is 0 Å². The van der Waals surface area contributed by atoms with E-state index in [1.165, 1.54) is 35.1 Å². The van der Waals surface area contributed by atoms with Gasteiger partial charge in [0.25, 0.3) is 0 Å². The van der Waals surface area contributed by atoms with Gasteiger partial charge in [-0.15, -0.1) is 0 Å². The lowest BCUT2D eigenvalue weighted by atomic mass is 9.68. The normalized spacial score (nSPS) is 28.4. The van der Waals surface area contributed by atoms with Crippen LogP contribution in [-0.2, 0) is 0 Å². The Morgan fingerprint density at radius 1 is 0.667 bits per heavy atom. The minimum Gasteiger partial charge on any atom is -0.152 e. The summed E-state index contributed by atoms with van der Waals surface area (Å²) < 4.78 is 0.544. The van der Waals surface area contributed by atoms with Crippen LogP contribution in [-0.4, -0.2) is 10.00 Å². The third-order valence-corrected chi connectivity index (χ3v) is 7.85. The molecule has 0 amide bonds. The van der Waals surface area contributed by atoms with E-state index in [9.17, 15) is 0 Å². The fourth-order valence-corrected chi connectivity index (χ4v) is 6.22. The topological polar surface area (TPSA) is 0 Å². The third kappa shape index (κ3) is 12.2. The predicted octanol–water partition coefficient (Wildman–Crippen LogP) is 10.0. The van der Waals surface area contributed by atoms with Crippen LogP contribution in [0, 0.1) is 23.7 Å². The van der Waals surface area contributed by atoms with Crippen molar-refractivity contribution in [1.82, 2.24) is 0 Å². The van der Waals surface area contributed by atoms with E-state index < -0.39 is 0 Å². The molecule has 1 aliphatic carbocycles. The minimum atomic E-state index is 0.544. The summed E-state index contributed by atoms with van der Waals surface area (Å²) in [5, 5.41) is 0.948. The minimum absolute atomic E-state index is 0.544. The SMILES string of the molecule is CC(C)=CC=C(C)C.CC(C)=CC=C(C)C.CC1CC(C)C2CC(C)(C)SC2C1C. The highest BCUT2D eigenvalue weighted by molar-refractivity contribution is 8.01. The lowest BCUT2D eigenvalue weighted by Crippen LogP contribution is -2.36. The first-order valence-corrected chi connectivity index (χ1v) is 12.8. The number of hydrogen-bond donors (Lipinski definition) is 0. The Bertz CT molecular complexity index is 549. The highest BCUT2D eigenvalue weighted by Gasteiger charge is 2.48. The zero-order valence-electron chi connectivity index (χ0n) is 22.5. The van der Waals surface area contributed by atoms with Crippen LogP contribution in [0.4, 0.5) is 0 Å². The molecule has 1 saturated carbocycles. The molecule has 0 N–H and O–H groups in total. The second kappa shape index (κ2) is 13.7. The van der Waals surface area contributed by atoms with Crippen LogP contribution < -0.4 is 0 Å². The Morgan fingerprint density at radius 3 is 1.37 bits per heavy atom. The van der Waals surface area contributed by atoms with Crippen LogP contribution >= 0.6 is 11.8 Å². The van der Waals surface area contributed by atoms with Crippen LogP contribution in [0.15, 0.2) is 46.6 Å². The first-order chi connectivity index (χ1) is 13.7. The van der Waals surface area contributed by atoms with Gasteiger partial charge in [-0.3, -0.25) is 0 Å². The Morgan fingerprint density at radius 2 is 1.03 bits per heavy atom. The molecule has 0 bridgehead atoms. The van der Waals surface area contributed by atoms with Crippen molar-refractivity contribution in [3.63, 3.8) is 0 Å². The smallest absolute Gasteiger partial charge is 0.0112 e. The largest absolute Gasteiger partial charge is 0.152 e. The average Bonchev–Trinajstić information content (AvgIpc) is 2.94. The molecule has 1 heteroatoms. The molecule has 1 aliphatic heterocycles. The highest BCUT2D eigenvalue weighted by atomic mass is 32.2. The zero-order valence-corrected chi connectivity index (χ0v) is 23.3. The Balaban J connectivity index is 0.000000456. The van der Waals surface area contributed by atoms with Crippen molar-refractivity contribution in [2.24, 2.45) is 23.7 Å². The fourth-order valence-electron chi connectivity index (χ4n) is 4.18. The van der Waals surface area contributed by atoms with Gasteiger partial charge in [-0.05, 0) is 91.9 Å². The van der Waals surface area contributed by atoms with Gasteiger partial charge in [-0.2, -0.15) is 11.8 Å². The van der Waals surface area contributed by atoms with Crippen LogP contribution in [0.2, 0.25) is 0 Å². The third-order valence-electron chi connectivity index (χ3n) is 5.99. The summed E-state index contributed by atoms with van der Waals surface area (Å²) in [7, 11) is 0. The molecule has 174 valence electrons. The van der Waals surface area contributed by atoms with Gasteiger partial charge in [0, 0.05) is 10.00 Å². The maximum absolute atomic E-state index is 2.47. The molecule has 5 unspecified atom stereocenters. The maximum atomic E-state index is 2.47. The summed E-state index contributed by atoms with van der Waals surface area (Å²) in [5.74, 6) is 3.83. The zero-order chi connectivity index (χ0) is 23.6. The lowest BCUT2D eigenvalue weighted by molar-refractivity contribution is 0.152. The standard InChI is InChI=1S/C13H24S.2C8H14/c1-8-6-9(2)11-7-13(4,5)14-12(11)10(8)3;2*1-7(2)5-6-8(3)4/h8-12H,6-7H2,1-5H3;2*5-6H,1-4H3. The molecule has 1 saturated heterocycles. The van der Waals surface area contributed by atoms with Crippen LogP contribution in [0.1, 0.15) is 103 Å². The van der Waals surface area contributed by atoms with Gasteiger partial charge in [-0.1, -0.05) is 81.2 Å². The number of hydrogen-bond acceptors (Lipinski definition) is 1. The highest BCUT2D eigenvalue weighted by Crippen LogP contribution is 2.56. The molecule has 2 rings (SSSR count). The van der Waals surface area contributed by atoms with E-state index in [0.29, 0.717) is 4.75 Å². The number of allylic oxidation sites excluding steroid dienone is 8. The number of thioether (sulfide) groups is 1. The van der Waals surface area contributed by atoms with Gasteiger partial charge in [0.05, 0.1) is 0 Å². The van der Waals surface area contributed by atoms with Crippen LogP contribution in [0.25, 0.3) is 0 Å². The summed E-state index contributed by atoms with van der Waals surface area (Å²) in [6.45, 7) is 29.0. The second-order valence-electron chi connectivity index (χ2n) is 11.2. The summed E-state index contributed by atoms with van der Waals surface area (Å²) in [6.07, 6.45) is 11.4. The van der Waals surface area contributed by atoms with Gasteiger partial charge in [0.2, 0.25) is 0 Å². The van der Waals surface area contributed by atoms with Crippen LogP contribution in [0.3, 0.4) is 0 Å². The Hall–Kier alpha value is -0.690. The fraction of sp³-hybridized carbons (Fsp3) is 0.724. The lowest BCUT2D eigenvalue weighted by Gasteiger charge is -2.40. The van der Waals surface area contributed by atoms with E-state index in [1.54, 1.807) is 0 Å². The molecule has 0 radical (unpaired) electrons. The van der Waals surface area contributed by atoms with Crippen molar-refractivity contribution >= 4 is 11.8 Å². The molecule has 30 heavy (non-hydrogen) atoms. The second-order valence-corrected chi connectivity index (χ2v) is 13.1. The number of fused-ring (bicyclic) bond motifs is 1. The van der Waals surface area contributed by atoms with E-state index in [2.05, 4.69) is 126 Å². The van der Waals surface area contributed by atoms with E-state index in [0.717, 1.165) is 28.9 Å². The van der Waals surface area contributed by atoms with Crippen molar-refractivity contribution in [2.75, 3.05) is 0 Å². The predicted molar refractivity (Wildman–Crippen MR) is 143 cm³/mol. The van der Waals surface area contributed by atoms with Gasteiger partial charge in [-0.25, -0.2) is 0 Å². The molecular weight excluding hydrogens is 380 g/mol. The van der Waals surface area contributed by atoms with Crippen molar-refractivity contribution in [1.29, 1.82) is 0 Å². The Labute approximate surface area is 194 Å². The maximum Gasteiger partial charge on any atom is 0.0112 e. The molecule has 0 aromatic heterocycles. The Kier molecular flexibility index (Phi) is 13.3. The van der Waals surface area contributed by atoms with Crippen molar-refractivity contribution < 1.29 is 0 Å². The monoisotopic (exact) mass is 432 g/mol. The first kappa shape index (κ1) is 29.3. The van der Waals surface area contributed by atoms with Gasteiger partial charge in [0.15, 0.2) is 0 Å². The van der Waals surface area contributed by atoms with Gasteiger partial charge >= 0.3 is 0 Å². The molecule has 2 aliphatic rings. The summed E-state index contributed by atoms with van der Waals surface area (Å²) in [6, 6.07) is 0. The molecule has 0 spiro atoms. The van der Waals surface area contributed by atoms with Crippen molar-refractivity contribution in [3.8, 4) is 0 Å². The van der Waals surface area contributed by atoms with Crippen molar-refractivity contribution in [3.05, 3.63) is 46.6 Å². The summed E-state index contributed by atoms with van der Waals surface area (Å²) in [5.41, 5.74) is 5.41. The van der Waals surface area contributed by atoms with Crippen molar-refractivity contribution in [2.45, 2.75) is 113 Å². The van der Waals surface area contributed by atoms with E-state index >= 15 is 0 Å². The van der Waals surface area contributed by atoms with E-state index in [1.807, 2.05) is 0 Å². The van der Waals surface area contributed by atoms with Gasteiger partial charge in [0.1, 0.15) is 0 Å².